The summed E-state index contributed by atoms with van der Waals surface area (Å²) >= 11 is 0. The maximum atomic E-state index is 14.2. The third-order valence-electron chi connectivity index (χ3n) is 8.47. The smallest absolute Gasteiger partial charge is 0.416 e. The van der Waals surface area contributed by atoms with E-state index in [1.165, 1.54) is 59.0 Å². The summed E-state index contributed by atoms with van der Waals surface area (Å²) in [6.45, 7) is 11.5. The number of benzene rings is 3. The van der Waals surface area contributed by atoms with Crippen LogP contribution in [0.15, 0.2) is 111 Å². The number of nitrogens with zero attached hydrogens (tertiary/aromatic N) is 7. The second kappa shape index (κ2) is 16.4. The van der Waals surface area contributed by atoms with Crippen molar-refractivity contribution in [1.29, 1.82) is 0 Å². The topological polar surface area (TPSA) is 161 Å². The van der Waals surface area contributed by atoms with Gasteiger partial charge >= 0.3 is 6.18 Å². The van der Waals surface area contributed by atoms with E-state index in [2.05, 4.69) is 20.2 Å². The lowest BCUT2D eigenvalue weighted by molar-refractivity contribution is -0.884. The fourth-order valence-electron chi connectivity index (χ4n) is 5.89. The summed E-state index contributed by atoms with van der Waals surface area (Å²) in [6.07, 6.45) is -1.58. The molecule has 0 fully saturated rings. The first kappa shape index (κ1) is 41.9. The molecule has 0 spiro atoms. The molecule has 0 aliphatic heterocycles. The van der Waals surface area contributed by atoms with Crippen LogP contribution in [0.1, 0.15) is 47.5 Å². The van der Waals surface area contributed by atoms with Crippen LogP contribution in [0.2, 0.25) is 0 Å². The van der Waals surface area contributed by atoms with Crippen LogP contribution in [-0.2, 0) is 29.9 Å². The number of oxazole rings is 1. The number of carbonyl (C=O) groups excluding carboxylic acids is 1. The Labute approximate surface area is 326 Å². The number of carbonyl (C=O) groups is 1. The minimum absolute atomic E-state index is 0.0850. The number of nitrogens with one attached hydrogen (secondary N) is 1. The van der Waals surface area contributed by atoms with Gasteiger partial charge < -0.3 is 18.8 Å². The van der Waals surface area contributed by atoms with Crippen LogP contribution in [-0.4, -0.2) is 68.6 Å². The van der Waals surface area contributed by atoms with Gasteiger partial charge in [-0.15, -0.1) is 0 Å². The number of aromatic nitrogens is 5. The van der Waals surface area contributed by atoms with Crippen LogP contribution in [0.5, 0.6) is 0 Å². The normalized spacial score (nSPS) is 12.5. The number of hydrogen-bond donors (Lipinski definition) is 1. The van der Waals surface area contributed by atoms with Gasteiger partial charge in [0.15, 0.2) is 11.4 Å². The minimum atomic E-state index is -4.66. The van der Waals surface area contributed by atoms with Crippen LogP contribution in [0, 0.1) is 12.5 Å². The SMILES string of the molecule is O=S(=O)([O-])c1ccccc1.[C-]#[N+]c1ccc(-n2nccc2-c2c(C(=O)N[C@H](c3ncc(C[N+](C)(C)C)o3)C(C)C)c(=O)n(-c3cccc(C(F)(F)F)c3)n2C)cc1. The third-order valence-corrected chi connectivity index (χ3v) is 9.32. The quantitative estimate of drug-likeness (QED) is 0.0932. The maximum Gasteiger partial charge on any atom is 0.416 e. The zero-order valence-corrected chi connectivity index (χ0v) is 32.5. The summed E-state index contributed by atoms with van der Waals surface area (Å²) in [5, 5.41) is 7.29. The van der Waals surface area contributed by atoms with Gasteiger partial charge in [0, 0.05) is 7.05 Å². The van der Waals surface area contributed by atoms with Gasteiger partial charge in [-0.25, -0.2) is 27.6 Å². The second-order valence-electron chi connectivity index (χ2n) is 14.2. The molecule has 0 aliphatic carbocycles. The van der Waals surface area contributed by atoms with Crippen molar-refractivity contribution < 1.29 is 39.8 Å². The first-order valence-corrected chi connectivity index (χ1v) is 18.7. The molecule has 0 radical (unpaired) electrons. The molecular formula is C39H39F3N8O6S. The molecule has 0 unspecified atom stereocenters. The Morgan fingerprint density at radius 2 is 1.67 bits per heavy atom. The zero-order chi connectivity index (χ0) is 41.9. The van der Waals surface area contributed by atoms with Crippen LogP contribution >= 0.6 is 0 Å². The van der Waals surface area contributed by atoms with Crippen molar-refractivity contribution in [3.8, 4) is 22.8 Å². The number of alkyl halides is 3. The molecule has 1 N–H and O–H groups in total. The summed E-state index contributed by atoms with van der Waals surface area (Å²) in [4.78, 5) is 36.0. The molecule has 14 nitrogen and oxygen atoms in total. The highest BCUT2D eigenvalue weighted by Gasteiger charge is 2.34. The standard InChI is InChI=1S/C33H33F3N8O3.C6H6O3S/c1-20(2)28(31-38-18-25(47-31)19-44(5,6)7)40-30(45)27-29(26-15-16-39-42(26)23-13-11-22(37-3)12-14-23)41(4)43(32(27)46)24-10-8-9-21(17-24)33(34,35)36;7-10(8,9)6-4-2-1-3-5-6/h8-18,20,28H,19H2,1-2,4-7H3;1-5H,(H,7,8,9)/t28-;/m0./s1. The molecule has 6 aromatic rings. The Bertz CT molecular complexity index is 2580. The van der Waals surface area contributed by atoms with Crippen LogP contribution < -0.4 is 10.9 Å². The van der Waals surface area contributed by atoms with Gasteiger partial charge in [0.25, 0.3) is 11.5 Å². The van der Waals surface area contributed by atoms with Crippen molar-refractivity contribution in [2.45, 2.75) is 37.5 Å². The Morgan fingerprint density at radius 1 is 1.00 bits per heavy atom. The highest BCUT2D eigenvalue weighted by Crippen LogP contribution is 2.32. The zero-order valence-electron chi connectivity index (χ0n) is 31.7. The molecule has 18 heteroatoms. The molecule has 1 atom stereocenters. The van der Waals surface area contributed by atoms with E-state index in [-0.39, 0.29) is 33.6 Å². The van der Waals surface area contributed by atoms with E-state index in [0.29, 0.717) is 33.9 Å². The maximum absolute atomic E-state index is 14.2. The Hall–Kier alpha value is -6.29. The summed E-state index contributed by atoms with van der Waals surface area (Å²) in [7, 11) is 3.23. The molecule has 3 aromatic carbocycles. The largest absolute Gasteiger partial charge is 0.744 e. The Balaban J connectivity index is 0.000000540. The van der Waals surface area contributed by atoms with E-state index >= 15 is 0 Å². The van der Waals surface area contributed by atoms with Crippen molar-refractivity contribution in [3.63, 3.8) is 0 Å². The molecule has 0 aliphatic rings. The van der Waals surface area contributed by atoms with Crippen LogP contribution in [0.4, 0.5) is 18.9 Å². The highest BCUT2D eigenvalue weighted by molar-refractivity contribution is 7.85. The fraction of sp³-hybridized carbons (Fsp3) is 0.256. The summed E-state index contributed by atoms with van der Waals surface area (Å²) in [6, 6.07) is 18.9. The number of halogens is 3. The summed E-state index contributed by atoms with van der Waals surface area (Å²) < 4.78 is 82.3. The van der Waals surface area contributed by atoms with E-state index in [4.69, 9.17) is 11.0 Å². The van der Waals surface area contributed by atoms with E-state index in [9.17, 15) is 35.7 Å². The van der Waals surface area contributed by atoms with Gasteiger partial charge in [-0.1, -0.05) is 50.2 Å². The van der Waals surface area contributed by atoms with Crippen LogP contribution in [0.25, 0.3) is 27.6 Å². The van der Waals surface area contributed by atoms with E-state index in [0.717, 1.165) is 16.8 Å². The summed E-state index contributed by atoms with van der Waals surface area (Å²) in [5.74, 6) is -0.100. The molecule has 57 heavy (non-hydrogen) atoms. The average Bonchev–Trinajstić information content (AvgIpc) is 3.87. The predicted molar refractivity (Wildman–Crippen MR) is 203 cm³/mol. The predicted octanol–water partition coefficient (Wildman–Crippen LogP) is 6.51. The summed E-state index contributed by atoms with van der Waals surface area (Å²) in [5.41, 5.74) is -0.818. The van der Waals surface area contributed by atoms with Crippen molar-refractivity contribution >= 4 is 21.7 Å². The van der Waals surface area contributed by atoms with Gasteiger partial charge in [0.05, 0.1) is 67.6 Å². The molecule has 6 rings (SSSR count). The first-order chi connectivity index (χ1) is 26.7. The second-order valence-corrected chi connectivity index (χ2v) is 15.6. The fourth-order valence-corrected chi connectivity index (χ4v) is 6.38. The number of amides is 1. The van der Waals surface area contributed by atoms with E-state index in [1.54, 1.807) is 42.6 Å². The lowest BCUT2D eigenvalue weighted by Crippen LogP contribution is -2.35. The van der Waals surface area contributed by atoms with Gasteiger partial charge in [-0.05, 0) is 54.4 Å². The molecule has 0 saturated heterocycles. The number of hydrogen-bond acceptors (Lipinski definition) is 8. The van der Waals surface area contributed by atoms with Gasteiger partial charge in [0.2, 0.25) is 5.89 Å². The highest BCUT2D eigenvalue weighted by atomic mass is 32.2. The third kappa shape index (κ3) is 9.75. The molecule has 0 bridgehead atoms. The molecule has 3 aromatic heterocycles. The number of quaternary nitrogens is 1. The average molecular weight is 805 g/mol. The van der Waals surface area contributed by atoms with Gasteiger partial charge in [0.1, 0.15) is 34.0 Å². The Morgan fingerprint density at radius 3 is 2.23 bits per heavy atom. The minimum Gasteiger partial charge on any atom is -0.744 e. The molecule has 1 amide bonds. The molecule has 0 saturated carbocycles. The lowest BCUT2D eigenvalue weighted by atomic mass is 10.0. The Kier molecular flexibility index (Phi) is 12.1. The molecular weight excluding hydrogens is 766 g/mol. The van der Waals surface area contributed by atoms with Gasteiger partial charge in [-0.2, -0.15) is 18.3 Å². The van der Waals surface area contributed by atoms with Crippen molar-refractivity contribution in [1.82, 2.24) is 29.4 Å². The first-order valence-electron chi connectivity index (χ1n) is 17.3. The van der Waals surface area contributed by atoms with E-state index < -0.39 is 39.4 Å². The lowest BCUT2D eigenvalue weighted by Gasteiger charge is -2.22. The monoisotopic (exact) mass is 804 g/mol. The van der Waals surface area contributed by atoms with Crippen molar-refractivity contribution in [2.24, 2.45) is 13.0 Å². The van der Waals surface area contributed by atoms with Crippen LogP contribution in [0.3, 0.4) is 0 Å². The number of rotatable bonds is 10. The van der Waals surface area contributed by atoms with Crippen molar-refractivity contribution in [2.75, 3.05) is 21.1 Å². The van der Waals surface area contributed by atoms with Gasteiger partial charge in [-0.3, -0.25) is 14.3 Å². The van der Waals surface area contributed by atoms with E-state index in [1.807, 2.05) is 35.0 Å². The molecule has 3 heterocycles. The molecule has 298 valence electrons. The van der Waals surface area contributed by atoms with Crippen molar-refractivity contribution in [3.05, 3.63) is 142 Å².